The molecular weight excluding hydrogens is 400 g/mol. The normalized spacial score (nSPS) is 10.5. The summed E-state index contributed by atoms with van der Waals surface area (Å²) in [4.78, 5) is 26.8. The van der Waals surface area contributed by atoms with Gasteiger partial charge in [0.25, 0.3) is 11.6 Å². The fourth-order valence-corrected chi connectivity index (χ4v) is 2.81. The second kappa shape index (κ2) is 8.41. The number of ether oxygens (including phenoxy) is 1. The van der Waals surface area contributed by atoms with Gasteiger partial charge in [-0.05, 0) is 43.3 Å². The summed E-state index contributed by atoms with van der Waals surface area (Å²) in [6.45, 7) is 1.87. The van der Waals surface area contributed by atoms with E-state index in [1.54, 1.807) is 53.4 Å². The molecule has 0 saturated heterocycles. The van der Waals surface area contributed by atoms with Gasteiger partial charge in [0.1, 0.15) is 11.6 Å². The van der Waals surface area contributed by atoms with Gasteiger partial charge in [-0.3, -0.25) is 19.5 Å². The first-order chi connectivity index (χ1) is 15.0. The topological polar surface area (TPSA) is 125 Å². The number of carbonyl (C=O) groups is 1. The molecule has 10 nitrogen and oxygen atoms in total. The van der Waals surface area contributed by atoms with Gasteiger partial charge in [-0.2, -0.15) is 0 Å². The number of imidazole rings is 1. The maximum Gasteiger partial charge on any atom is 0.270 e. The summed E-state index contributed by atoms with van der Waals surface area (Å²) in [5.41, 5.74) is 0.561. The van der Waals surface area contributed by atoms with Gasteiger partial charge >= 0.3 is 0 Å². The van der Waals surface area contributed by atoms with Crippen LogP contribution in [-0.4, -0.2) is 30.6 Å². The Kier molecular flexibility index (Phi) is 5.35. The molecule has 0 aliphatic rings. The van der Waals surface area contributed by atoms with Crippen molar-refractivity contribution in [3.63, 3.8) is 0 Å². The Bertz CT molecular complexity index is 1240. The van der Waals surface area contributed by atoms with Crippen LogP contribution in [0.15, 0.2) is 73.1 Å². The van der Waals surface area contributed by atoms with E-state index in [4.69, 9.17) is 4.74 Å². The van der Waals surface area contributed by atoms with Gasteiger partial charge in [0, 0.05) is 41.8 Å². The number of aryl methyl sites for hydroxylation is 1. The van der Waals surface area contributed by atoms with Gasteiger partial charge in [-0.15, -0.1) is 10.2 Å². The largest absolute Gasteiger partial charge is 0.438 e. The zero-order chi connectivity index (χ0) is 21.8. The maximum absolute atomic E-state index is 12.3. The molecule has 0 aliphatic heterocycles. The van der Waals surface area contributed by atoms with Crippen LogP contribution in [0.25, 0.3) is 5.82 Å². The zero-order valence-corrected chi connectivity index (χ0v) is 16.3. The number of nitrogens with one attached hydrogen (secondary N) is 1. The van der Waals surface area contributed by atoms with Crippen LogP contribution in [0, 0.1) is 17.0 Å². The Morgan fingerprint density at radius 1 is 1.10 bits per heavy atom. The Labute approximate surface area is 176 Å². The highest BCUT2D eigenvalue weighted by molar-refractivity contribution is 6.04. The van der Waals surface area contributed by atoms with Crippen molar-refractivity contribution in [3.05, 3.63) is 94.6 Å². The van der Waals surface area contributed by atoms with E-state index in [9.17, 15) is 14.9 Å². The fourth-order valence-electron chi connectivity index (χ4n) is 2.81. The van der Waals surface area contributed by atoms with E-state index >= 15 is 0 Å². The monoisotopic (exact) mass is 416 g/mol. The third-order valence-electron chi connectivity index (χ3n) is 4.35. The van der Waals surface area contributed by atoms with Crippen LogP contribution in [0.5, 0.6) is 11.6 Å². The Balaban J connectivity index is 1.40. The summed E-state index contributed by atoms with van der Waals surface area (Å²) in [5.74, 6) is 1.80. The molecular formula is C21H16N6O4. The minimum atomic E-state index is -0.547. The molecule has 4 rings (SSSR count). The summed E-state index contributed by atoms with van der Waals surface area (Å²) in [5, 5.41) is 21.7. The van der Waals surface area contributed by atoms with E-state index in [2.05, 4.69) is 20.5 Å². The van der Waals surface area contributed by atoms with Crippen molar-refractivity contribution >= 4 is 17.3 Å². The number of benzene rings is 2. The number of hydrogen-bond acceptors (Lipinski definition) is 7. The van der Waals surface area contributed by atoms with Crippen molar-refractivity contribution < 1.29 is 14.5 Å². The predicted octanol–water partition coefficient (Wildman–Crippen LogP) is 3.92. The highest BCUT2D eigenvalue weighted by Crippen LogP contribution is 2.22. The van der Waals surface area contributed by atoms with Crippen LogP contribution in [0.2, 0.25) is 0 Å². The van der Waals surface area contributed by atoms with Crippen LogP contribution in [0.4, 0.5) is 11.4 Å². The average Bonchev–Trinajstić information content (AvgIpc) is 3.21. The summed E-state index contributed by atoms with van der Waals surface area (Å²) >= 11 is 0. The maximum atomic E-state index is 12.3. The van der Waals surface area contributed by atoms with Crippen LogP contribution in [-0.2, 0) is 0 Å². The Morgan fingerprint density at radius 3 is 2.55 bits per heavy atom. The number of rotatable bonds is 6. The third-order valence-corrected chi connectivity index (χ3v) is 4.35. The van der Waals surface area contributed by atoms with E-state index in [-0.39, 0.29) is 11.3 Å². The molecule has 0 atom stereocenters. The van der Waals surface area contributed by atoms with Crippen LogP contribution in [0.3, 0.4) is 0 Å². The lowest BCUT2D eigenvalue weighted by atomic mass is 10.2. The second-order valence-electron chi connectivity index (χ2n) is 6.46. The van der Waals surface area contributed by atoms with Gasteiger partial charge < -0.3 is 10.1 Å². The third kappa shape index (κ3) is 4.53. The molecule has 10 heteroatoms. The van der Waals surface area contributed by atoms with Crippen LogP contribution >= 0.6 is 0 Å². The molecule has 0 fully saturated rings. The SMILES string of the molecule is Cc1nccn1-c1ccc(Oc2ccc(NC(=O)c3cccc([N+](=O)[O-])c3)cc2)nn1. The van der Waals surface area contributed by atoms with Crippen molar-refractivity contribution in [2.24, 2.45) is 0 Å². The summed E-state index contributed by atoms with van der Waals surface area (Å²) in [7, 11) is 0. The minimum absolute atomic E-state index is 0.147. The zero-order valence-electron chi connectivity index (χ0n) is 16.3. The van der Waals surface area contributed by atoms with Gasteiger partial charge in [0.05, 0.1) is 4.92 Å². The van der Waals surface area contributed by atoms with E-state index in [1.807, 2.05) is 6.92 Å². The quantitative estimate of drug-likeness (QED) is 0.373. The molecule has 0 spiro atoms. The molecule has 2 aromatic carbocycles. The number of nitro benzene ring substituents is 1. The van der Waals surface area contributed by atoms with Crippen molar-refractivity contribution in [1.29, 1.82) is 0 Å². The molecule has 31 heavy (non-hydrogen) atoms. The van der Waals surface area contributed by atoms with E-state index < -0.39 is 10.8 Å². The average molecular weight is 416 g/mol. The van der Waals surface area contributed by atoms with Gasteiger partial charge in [-0.25, -0.2) is 4.98 Å². The molecule has 154 valence electrons. The predicted molar refractivity (Wildman–Crippen MR) is 111 cm³/mol. The first-order valence-corrected chi connectivity index (χ1v) is 9.17. The molecule has 2 heterocycles. The molecule has 1 amide bonds. The number of nitro groups is 1. The molecule has 2 aromatic heterocycles. The number of non-ortho nitro benzene ring substituents is 1. The molecule has 0 aliphatic carbocycles. The number of anilines is 1. The highest BCUT2D eigenvalue weighted by atomic mass is 16.6. The number of hydrogen-bond donors (Lipinski definition) is 1. The molecule has 0 bridgehead atoms. The standard InChI is InChI=1S/C21H16N6O4/c1-14-22-11-12-26(14)19-9-10-20(25-24-19)31-18-7-5-16(6-8-18)23-21(28)15-3-2-4-17(13-15)27(29)30/h2-13H,1H3,(H,23,28). The summed E-state index contributed by atoms with van der Waals surface area (Å²) < 4.78 is 7.48. The number of nitrogens with zero attached hydrogens (tertiary/aromatic N) is 5. The Morgan fingerprint density at radius 2 is 1.90 bits per heavy atom. The van der Waals surface area contributed by atoms with Crippen molar-refractivity contribution in [2.45, 2.75) is 6.92 Å². The number of amides is 1. The molecule has 4 aromatic rings. The number of carbonyl (C=O) groups excluding carboxylic acids is 1. The minimum Gasteiger partial charge on any atom is -0.438 e. The molecule has 0 saturated carbocycles. The van der Waals surface area contributed by atoms with Crippen LogP contribution < -0.4 is 10.1 Å². The summed E-state index contributed by atoms with van der Waals surface area (Å²) in [6.07, 6.45) is 3.47. The first-order valence-electron chi connectivity index (χ1n) is 9.17. The molecule has 1 N–H and O–H groups in total. The lowest BCUT2D eigenvalue weighted by molar-refractivity contribution is -0.384. The second-order valence-corrected chi connectivity index (χ2v) is 6.46. The van der Waals surface area contributed by atoms with E-state index in [0.717, 1.165) is 5.82 Å². The van der Waals surface area contributed by atoms with E-state index in [1.165, 1.54) is 24.3 Å². The first kappa shape index (κ1) is 19.7. The van der Waals surface area contributed by atoms with Crippen molar-refractivity contribution in [1.82, 2.24) is 19.7 Å². The number of aromatic nitrogens is 4. The van der Waals surface area contributed by atoms with Crippen molar-refractivity contribution in [2.75, 3.05) is 5.32 Å². The summed E-state index contributed by atoms with van der Waals surface area (Å²) in [6, 6.07) is 15.6. The van der Waals surface area contributed by atoms with E-state index in [0.29, 0.717) is 23.1 Å². The van der Waals surface area contributed by atoms with Crippen molar-refractivity contribution in [3.8, 4) is 17.4 Å². The fraction of sp³-hybridized carbons (Fsp3) is 0.0476. The van der Waals surface area contributed by atoms with Gasteiger partial charge in [-0.1, -0.05) is 6.07 Å². The lowest BCUT2D eigenvalue weighted by Gasteiger charge is -2.08. The van der Waals surface area contributed by atoms with Gasteiger partial charge in [0.15, 0.2) is 5.82 Å². The molecule has 0 radical (unpaired) electrons. The highest BCUT2D eigenvalue weighted by Gasteiger charge is 2.12. The lowest BCUT2D eigenvalue weighted by Crippen LogP contribution is -2.11. The van der Waals surface area contributed by atoms with Gasteiger partial charge in [0.2, 0.25) is 5.88 Å². The van der Waals surface area contributed by atoms with Crippen LogP contribution in [0.1, 0.15) is 16.2 Å². The molecule has 0 unspecified atom stereocenters. The smallest absolute Gasteiger partial charge is 0.270 e. The Hall–Kier alpha value is -4.60.